The molecule has 0 bridgehead atoms. The number of carbonyl (C=O) groups excluding carboxylic acids is 1. The van der Waals surface area contributed by atoms with E-state index in [9.17, 15) is 18.0 Å². The van der Waals surface area contributed by atoms with Crippen molar-refractivity contribution in [2.24, 2.45) is 11.8 Å². The van der Waals surface area contributed by atoms with E-state index in [0.717, 1.165) is 0 Å². The Morgan fingerprint density at radius 1 is 1.05 bits per heavy atom. The molecule has 1 aliphatic carbocycles. The lowest BCUT2D eigenvalue weighted by Gasteiger charge is -2.24. The number of rotatable bonds is 5. The van der Waals surface area contributed by atoms with Crippen molar-refractivity contribution in [2.45, 2.75) is 17.7 Å². The van der Waals surface area contributed by atoms with Crippen molar-refractivity contribution in [3.05, 3.63) is 42.5 Å². The van der Waals surface area contributed by atoms with Crippen LogP contribution in [0.3, 0.4) is 0 Å². The van der Waals surface area contributed by atoms with E-state index in [0.29, 0.717) is 0 Å². The topological polar surface area (TPSA) is 113 Å². The first kappa shape index (κ1) is 16.2. The van der Waals surface area contributed by atoms with Crippen molar-refractivity contribution in [1.29, 1.82) is 0 Å². The second-order valence-electron chi connectivity index (χ2n) is 4.90. The van der Waals surface area contributed by atoms with Crippen LogP contribution in [0, 0.1) is 11.8 Å². The van der Waals surface area contributed by atoms with Crippen LogP contribution >= 0.6 is 0 Å². The molecule has 1 aromatic carbocycles. The first-order valence-corrected chi connectivity index (χ1v) is 8.14. The molecule has 0 saturated heterocycles. The molecule has 0 aromatic heterocycles. The fraction of sp³-hybridized carbons (Fsp3) is 0.286. The number of hydrogen-bond donors (Lipinski definition) is 3. The van der Waals surface area contributed by atoms with Crippen LogP contribution in [0.5, 0.6) is 0 Å². The van der Waals surface area contributed by atoms with Gasteiger partial charge in [-0.25, -0.2) is 8.42 Å². The summed E-state index contributed by atoms with van der Waals surface area (Å²) in [5.41, 5.74) is 2.10. The van der Waals surface area contributed by atoms with Crippen molar-refractivity contribution >= 4 is 21.9 Å². The van der Waals surface area contributed by atoms with E-state index in [4.69, 9.17) is 5.11 Å². The molecule has 8 heteroatoms. The predicted molar refractivity (Wildman–Crippen MR) is 77.9 cm³/mol. The SMILES string of the molecule is O=C(O)[C@H]1CC=CC[C@@H]1C(=O)NNS(=O)(=O)c1ccccc1. The fourth-order valence-electron chi connectivity index (χ4n) is 2.25. The molecular formula is C14H16N2O5S. The minimum absolute atomic E-state index is 0.00799. The van der Waals surface area contributed by atoms with Gasteiger partial charge in [-0.15, -0.1) is 4.83 Å². The number of sulfonamides is 1. The van der Waals surface area contributed by atoms with Crippen molar-refractivity contribution in [3.63, 3.8) is 0 Å². The Hall–Kier alpha value is -2.19. The Labute approximate surface area is 128 Å². The second kappa shape index (κ2) is 6.71. The van der Waals surface area contributed by atoms with Crippen LogP contribution in [0.25, 0.3) is 0 Å². The number of allylic oxidation sites excluding steroid dienone is 2. The van der Waals surface area contributed by atoms with Gasteiger partial charge in [0, 0.05) is 0 Å². The summed E-state index contributed by atoms with van der Waals surface area (Å²) in [5, 5.41) is 9.11. The van der Waals surface area contributed by atoms with Crippen LogP contribution < -0.4 is 10.3 Å². The average molecular weight is 324 g/mol. The minimum atomic E-state index is -3.88. The zero-order valence-corrected chi connectivity index (χ0v) is 12.4. The third-order valence-electron chi connectivity index (χ3n) is 3.45. The fourth-order valence-corrected chi connectivity index (χ4v) is 3.11. The highest BCUT2D eigenvalue weighted by atomic mass is 32.2. The Morgan fingerprint density at radius 3 is 2.23 bits per heavy atom. The van der Waals surface area contributed by atoms with Gasteiger partial charge in [0.1, 0.15) is 0 Å². The van der Waals surface area contributed by atoms with Gasteiger partial charge >= 0.3 is 5.97 Å². The van der Waals surface area contributed by atoms with E-state index >= 15 is 0 Å². The molecule has 0 radical (unpaired) electrons. The number of hydrogen-bond acceptors (Lipinski definition) is 4. The highest BCUT2D eigenvalue weighted by Gasteiger charge is 2.34. The van der Waals surface area contributed by atoms with Gasteiger partial charge in [-0.2, -0.15) is 0 Å². The number of carboxylic acid groups (broad SMARTS) is 1. The molecular weight excluding hydrogens is 308 g/mol. The number of aliphatic carboxylic acids is 1. The summed E-state index contributed by atoms with van der Waals surface area (Å²) in [5.74, 6) is -3.39. The summed E-state index contributed by atoms with van der Waals surface area (Å²) in [6.07, 6.45) is 3.93. The van der Waals surface area contributed by atoms with Gasteiger partial charge in [-0.3, -0.25) is 15.0 Å². The van der Waals surface area contributed by atoms with E-state index in [2.05, 4.69) is 5.43 Å². The van der Waals surface area contributed by atoms with Crippen LogP contribution in [0.15, 0.2) is 47.4 Å². The van der Waals surface area contributed by atoms with E-state index in [1.807, 2.05) is 4.83 Å². The van der Waals surface area contributed by atoms with Crippen molar-refractivity contribution in [3.8, 4) is 0 Å². The Kier molecular flexibility index (Phi) is 4.94. The summed E-state index contributed by atoms with van der Waals surface area (Å²) in [6.45, 7) is 0. The quantitative estimate of drug-likeness (QED) is 0.544. The number of carboxylic acids is 1. The molecule has 0 fully saturated rings. The maximum Gasteiger partial charge on any atom is 0.307 e. The smallest absolute Gasteiger partial charge is 0.307 e. The number of amides is 1. The Bertz CT molecular complexity index is 684. The standard InChI is InChI=1S/C14H16N2O5S/c17-13(11-8-4-5-9-12(11)14(18)19)15-16-22(20,21)10-6-2-1-3-7-10/h1-7,11-12,16H,8-9H2,(H,15,17)(H,18,19)/t11-,12-/m0/s1. The first-order chi connectivity index (χ1) is 10.4. The molecule has 1 aromatic rings. The van der Waals surface area contributed by atoms with Gasteiger partial charge in [0.2, 0.25) is 5.91 Å². The van der Waals surface area contributed by atoms with Crippen LogP contribution in [0.4, 0.5) is 0 Å². The molecule has 0 unspecified atom stereocenters. The van der Waals surface area contributed by atoms with E-state index in [1.165, 1.54) is 12.1 Å². The van der Waals surface area contributed by atoms with Gasteiger partial charge < -0.3 is 5.11 Å². The zero-order chi connectivity index (χ0) is 16.2. The Balaban J connectivity index is 2.03. The van der Waals surface area contributed by atoms with Gasteiger partial charge in [-0.1, -0.05) is 30.4 Å². The van der Waals surface area contributed by atoms with E-state index in [1.54, 1.807) is 30.4 Å². The summed E-state index contributed by atoms with van der Waals surface area (Å²) in [4.78, 5) is 25.2. The number of carbonyl (C=O) groups is 2. The maximum absolute atomic E-state index is 12.1. The highest BCUT2D eigenvalue weighted by Crippen LogP contribution is 2.25. The van der Waals surface area contributed by atoms with Gasteiger partial charge in [0.15, 0.2) is 0 Å². The lowest BCUT2D eigenvalue weighted by molar-refractivity contribution is -0.147. The number of benzene rings is 1. The minimum Gasteiger partial charge on any atom is -0.481 e. The first-order valence-electron chi connectivity index (χ1n) is 6.66. The molecule has 3 N–H and O–H groups in total. The van der Waals surface area contributed by atoms with E-state index < -0.39 is 33.7 Å². The van der Waals surface area contributed by atoms with Crippen LogP contribution in [-0.4, -0.2) is 25.4 Å². The molecule has 118 valence electrons. The van der Waals surface area contributed by atoms with Crippen molar-refractivity contribution < 1.29 is 23.1 Å². The Morgan fingerprint density at radius 2 is 1.64 bits per heavy atom. The highest BCUT2D eigenvalue weighted by molar-refractivity contribution is 7.89. The monoisotopic (exact) mass is 324 g/mol. The number of hydrazine groups is 1. The maximum atomic E-state index is 12.1. The van der Waals surface area contributed by atoms with Gasteiger partial charge in [-0.05, 0) is 25.0 Å². The molecule has 1 aliphatic rings. The molecule has 2 atom stereocenters. The van der Waals surface area contributed by atoms with E-state index in [-0.39, 0.29) is 17.7 Å². The zero-order valence-electron chi connectivity index (χ0n) is 11.6. The third-order valence-corrected chi connectivity index (χ3v) is 4.71. The lowest BCUT2D eigenvalue weighted by atomic mass is 9.82. The number of nitrogens with one attached hydrogen (secondary N) is 2. The predicted octanol–water partition coefficient (Wildman–Crippen LogP) is 0.663. The largest absolute Gasteiger partial charge is 0.481 e. The van der Waals surface area contributed by atoms with Crippen LogP contribution in [0.2, 0.25) is 0 Å². The van der Waals surface area contributed by atoms with Crippen molar-refractivity contribution in [1.82, 2.24) is 10.3 Å². The normalized spacial score (nSPS) is 21.3. The summed E-state index contributed by atoms with van der Waals surface area (Å²) < 4.78 is 24.0. The molecule has 22 heavy (non-hydrogen) atoms. The molecule has 0 aliphatic heterocycles. The molecule has 0 spiro atoms. The van der Waals surface area contributed by atoms with Crippen molar-refractivity contribution in [2.75, 3.05) is 0 Å². The molecule has 2 rings (SSSR count). The van der Waals surface area contributed by atoms with Crippen LogP contribution in [0.1, 0.15) is 12.8 Å². The second-order valence-corrected chi connectivity index (χ2v) is 6.58. The molecule has 0 saturated carbocycles. The third kappa shape index (κ3) is 3.71. The molecule has 0 heterocycles. The summed E-state index contributed by atoms with van der Waals surface area (Å²) >= 11 is 0. The van der Waals surface area contributed by atoms with Crippen LogP contribution in [-0.2, 0) is 19.6 Å². The summed E-state index contributed by atoms with van der Waals surface area (Å²) in [7, 11) is -3.88. The average Bonchev–Trinajstić information content (AvgIpc) is 2.53. The van der Waals surface area contributed by atoms with Gasteiger partial charge in [0.25, 0.3) is 10.0 Å². The molecule has 1 amide bonds. The summed E-state index contributed by atoms with van der Waals surface area (Å²) in [6, 6.07) is 7.56. The lowest BCUT2D eigenvalue weighted by Crippen LogP contribution is -2.47. The molecule has 7 nitrogen and oxygen atoms in total. The van der Waals surface area contributed by atoms with Gasteiger partial charge in [0.05, 0.1) is 16.7 Å².